The highest BCUT2D eigenvalue weighted by atomic mass is 79.9. The number of halogens is 3. The third kappa shape index (κ3) is 9.19. The summed E-state index contributed by atoms with van der Waals surface area (Å²) in [6, 6.07) is 34.5. The van der Waals surface area contributed by atoms with Gasteiger partial charge in [-0.3, -0.25) is 14.4 Å². The molecule has 0 unspecified atom stereocenters. The van der Waals surface area contributed by atoms with Gasteiger partial charge in [-0.25, -0.2) is 4.39 Å². The van der Waals surface area contributed by atoms with Crippen LogP contribution in [0.25, 0.3) is 6.08 Å². The van der Waals surface area contributed by atoms with E-state index in [-0.39, 0.29) is 17.2 Å². The summed E-state index contributed by atoms with van der Waals surface area (Å²) in [7, 11) is 0. The Kier molecular flexibility index (Phi) is 11.3. The average molecular weight is 729 g/mol. The maximum Gasteiger partial charge on any atom is 0.272 e. The number of thioether (sulfide) groups is 1. The second-order valence-corrected chi connectivity index (χ2v) is 12.9. The average Bonchev–Trinajstić information content (AvgIpc) is 3.07. The Morgan fingerprint density at radius 2 is 1.47 bits per heavy atom. The van der Waals surface area contributed by atoms with E-state index in [4.69, 9.17) is 11.6 Å². The van der Waals surface area contributed by atoms with Crippen LogP contribution in [0.5, 0.6) is 0 Å². The molecular formula is C37H28BrClFN3O3S. The number of nitrogens with one attached hydrogen (secondary N) is 3. The van der Waals surface area contributed by atoms with Crippen LogP contribution >= 0.6 is 39.3 Å². The molecule has 0 fully saturated rings. The van der Waals surface area contributed by atoms with Crippen molar-refractivity contribution in [3.8, 4) is 0 Å². The largest absolute Gasteiger partial charge is 0.325 e. The Hall–Kier alpha value is -4.70. The van der Waals surface area contributed by atoms with E-state index in [9.17, 15) is 18.8 Å². The van der Waals surface area contributed by atoms with Crippen LogP contribution in [0.2, 0.25) is 5.02 Å². The number of benzene rings is 5. The number of hydrogen-bond donors (Lipinski definition) is 3. The van der Waals surface area contributed by atoms with E-state index >= 15 is 0 Å². The fraction of sp³-hybridized carbons (Fsp3) is 0.0541. The van der Waals surface area contributed by atoms with Crippen molar-refractivity contribution in [2.75, 3.05) is 10.6 Å². The smallest absolute Gasteiger partial charge is 0.272 e. The fourth-order valence-corrected chi connectivity index (χ4v) is 5.92. The molecule has 0 saturated carbocycles. The minimum absolute atomic E-state index is 0.0731. The summed E-state index contributed by atoms with van der Waals surface area (Å²) in [4.78, 5) is 40.6. The number of anilines is 2. The Balaban J connectivity index is 1.33. The first-order chi connectivity index (χ1) is 22.7. The second kappa shape index (κ2) is 15.7. The Morgan fingerprint density at radius 3 is 2.15 bits per heavy atom. The minimum atomic E-state index is -0.758. The lowest BCUT2D eigenvalue weighted by molar-refractivity contribution is -0.116. The molecule has 3 N–H and O–H groups in total. The third-order valence-corrected chi connectivity index (χ3v) is 9.14. The zero-order valence-electron chi connectivity index (χ0n) is 25.0. The van der Waals surface area contributed by atoms with Crippen molar-refractivity contribution in [1.29, 1.82) is 0 Å². The molecule has 0 aromatic heterocycles. The molecule has 5 aromatic carbocycles. The summed E-state index contributed by atoms with van der Waals surface area (Å²) < 4.78 is 15.2. The first-order valence-electron chi connectivity index (χ1n) is 14.4. The number of carbonyl (C=O) groups excluding carboxylic acids is 3. The van der Waals surface area contributed by atoms with Crippen molar-refractivity contribution >= 4 is 74.5 Å². The molecule has 0 spiro atoms. The zero-order valence-corrected chi connectivity index (χ0v) is 28.1. The van der Waals surface area contributed by atoms with Gasteiger partial charge in [0, 0.05) is 25.8 Å². The lowest BCUT2D eigenvalue weighted by Gasteiger charge is -2.18. The van der Waals surface area contributed by atoms with Crippen LogP contribution in [-0.4, -0.2) is 17.7 Å². The van der Waals surface area contributed by atoms with Gasteiger partial charge < -0.3 is 16.0 Å². The van der Waals surface area contributed by atoms with Crippen molar-refractivity contribution < 1.29 is 18.8 Å². The summed E-state index contributed by atoms with van der Waals surface area (Å²) >= 11 is 11.0. The quantitative estimate of drug-likeness (QED) is 0.0988. The van der Waals surface area contributed by atoms with Crippen molar-refractivity contribution in [2.24, 2.45) is 0 Å². The molecular weight excluding hydrogens is 701 g/mol. The van der Waals surface area contributed by atoms with Crippen LogP contribution < -0.4 is 16.0 Å². The van der Waals surface area contributed by atoms with E-state index in [1.54, 1.807) is 60.7 Å². The highest BCUT2D eigenvalue weighted by molar-refractivity contribution is 9.10. The van der Waals surface area contributed by atoms with E-state index in [2.05, 4.69) is 31.9 Å². The topological polar surface area (TPSA) is 87.3 Å². The van der Waals surface area contributed by atoms with Crippen molar-refractivity contribution in [3.05, 3.63) is 165 Å². The van der Waals surface area contributed by atoms with Gasteiger partial charge in [-0.05, 0) is 90.4 Å². The predicted octanol–water partition coefficient (Wildman–Crippen LogP) is 9.43. The zero-order chi connectivity index (χ0) is 33.3. The molecule has 0 radical (unpaired) electrons. The summed E-state index contributed by atoms with van der Waals surface area (Å²) in [5, 5.41) is 8.30. The lowest BCUT2D eigenvalue weighted by atomic mass is 10.1. The maximum atomic E-state index is 14.3. The monoisotopic (exact) mass is 727 g/mol. The predicted molar refractivity (Wildman–Crippen MR) is 191 cm³/mol. The Bertz CT molecular complexity index is 1940. The standard InChI is InChI=1S/C37H28BrClFN3O3S/c1-23-11-16-28(22-31(23)39)42-37(46)34(25-7-3-2-4-8-25)47-29-19-17-27(18-20-29)41-36(45)33(21-24-12-14-26(38)15-13-24)43-35(44)30-9-5-6-10-32(30)40/h2-22,34H,1H3,(H,41,45)(H,42,46)(H,43,44)/b33-21+/t34-/m0/s1. The number of amides is 3. The summed E-state index contributed by atoms with van der Waals surface area (Å²) in [6.07, 6.45) is 1.51. The fourth-order valence-electron chi connectivity index (χ4n) is 4.45. The molecule has 0 aliphatic carbocycles. The first kappa shape index (κ1) is 33.7. The molecule has 236 valence electrons. The highest BCUT2D eigenvalue weighted by Crippen LogP contribution is 2.37. The van der Waals surface area contributed by atoms with E-state index in [0.717, 1.165) is 20.5 Å². The molecule has 0 aliphatic heterocycles. The van der Waals surface area contributed by atoms with E-state index in [1.807, 2.05) is 49.4 Å². The van der Waals surface area contributed by atoms with Crippen LogP contribution in [0.15, 0.2) is 136 Å². The van der Waals surface area contributed by atoms with Crippen molar-refractivity contribution in [1.82, 2.24) is 5.32 Å². The molecule has 0 bridgehead atoms. The number of hydrogen-bond acceptors (Lipinski definition) is 4. The summed E-state index contributed by atoms with van der Waals surface area (Å²) in [6.45, 7) is 1.89. The number of aryl methyl sites for hydroxylation is 1. The van der Waals surface area contributed by atoms with Crippen molar-refractivity contribution in [2.45, 2.75) is 17.1 Å². The van der Waals surface area contributed by atoms with E-state index in [0.29, 0.717) is 22.0 Å². The van der Waals surface area contributed by atoms with Crippen molar-refractivity contribution in [3.63, 3.8) is 0 Å². The lowest BCUT2D eigenvalue weighted by Crippen LogP contribution is -2.31. The van der Waals surface area contributed by atoms with E-state index < -0.39 is 22.9 Å². The van der Waals surface area contributed by atoms with Gasteiger partial charge in [0.15, 0.2) is 0 Å². The molecule has 47 heavy (non-hydrogen) atoms. The minimum Gasteiger partial charge on any atom is -0.325 e. The van der Waals surface area contributed by atoms with Gasteiger partial charge in [-0.15, -0.1) is 11.8 Å². The molecule has 5 aromatic rings. The Morgan fingerprint density at radius 1 is 0.809 bits per heavy atom. The normalized spacial score (nSPS) is 11.8. The molecule has 5 rings (SSSR count). The molecule has 0 aliphatic rings. The van der Waals surface area contributed by atoms with E-state index in [1.165, 1.54) is 36.0 Å². The summed E-state index contributed by atoms with van der Waals surface area (Å²) in [5.74, 6) is -2.28. The number of carbonyl (C=O) groups is 3. The number of rotatable bonds is 10. The van der Waals surface area contributed by atoms with Gasteiger partial charge in [0.05, 0.1) is 5.56 Å². The Labute approximate surface area is 289 Å². The molecule has 6 nitrogen and oxygen atoms in total. The van der Waals surface area contributed by atoms with Crippen LogP contribution in [0, 0.1) is 12.7 Å². The summed E-state index contributed by atoms with van der Waals surface area (Å²) in [5.41, 5.74) is 3.17. The maximum absolute atomic E-state index is 14.3. The van der Waals surface area contributed by atoms with Crippen LogP contribution in [0.3, 0.4) is 0 Å². The van der Waals surface area contributed by atoms with Crippen LogP contribution in [0.4, 0.5) is 15.8 Å². The molecule has 10 heteroatoms. The highest BCUT2D eigenvalue weighted by Gasteiger charge is 2.23. The van der Waals surface area contributed by atoms with Gasteiger partial charge in [0.25, 0.3) is 11.8 Å². The van der Waals surface area contributed by atoms with Crippen LogP contribution in [-0.2, 0) is 9.59 Å². The van der Waals surface area contributed by atoms with Gasteiger partial charge in [-0.2, -0.15) is 0 Å². The third-order valence-electron chi connectivity index (χ3n) is 6.94. The van der Waals surface area contributed by atoms with Gasteiger partial charge >= 0.3 is 0 Å². The van der Waals surface area contributed by atoms with Gasteiger partial charge in [-0.1, -0.05) is 88.2 Å². The second-order valence-electron chi connectivity index (χ2n) is 10.4. The molecule has 0 saturated heterocycles. The van der Waals surface area contributed by atoms with Gasteiger partial charge in [0.1, 0.15) is 16.8 Å². The van der Waals surface area contributed by atoms with Crippen LogP contribution in [0.1, 0.15) is 32.3 Å². The SMILES string of the molecule is Cc1ccc(NC(=O)[C@@H](Sc2ccc(NC(=O)/C(=C\c3ccc(Br)cc3)NC(=O)c3ccccc3F)cc2)c2ccccc2)cc1Cl. The molecule has 0 heterocycles. The van der Waals surface area contributed by atoms with Gasteiger partial charge in [0.2, 0.25) is 5.91 Å². The first-order valence-corrected chi connectivity index (χ1v) is 16.4. The molecule has 3 amide bonds. The molecule has 1 atom stereocenters.